The van der Waals surface area contributed by atoms with Crippen LogP contribution in [0.15, 0.2) is 12.1 Å². The predicted octanol–water partition coefficient (Wildman–Crippen LogP) is 5.49. The Morgan fingerprint density at radius 1 is 0.926 bits per heavy atom. The van der Waals surface area contributed by atoms with E-state index in [1.807, 2.05) is 0 Å². The average Bonchev–Trinajstić information content (AvgIpc) is 3.17. The van der Waals surface area contributed by atoms with Crippen LogP contribution in [-0.4, -0.2) is 28.7 Å². The van der Waals surface area contributed by atoms with E-state index in [1.54, 1.807) is 0 Å². The normalized spacial score (nSPS) is 13.9. The molecule has 2 rings (SSSR count). The zero-order chi connectivity index (χ0) is 20.6. The lowest BCUT2D eigenvalue weighted by Gasteiger charge is -2.27. The number of alkyl halides is 5. The summed E-state index contributed by atoms with van der Waals surface area (Å²) in [5, 5.41) is 18.3. The van der Waals surface area contributed by atoms with Crippen LogP contribution in [0.2, 0.25) is 0 Å². The molecule has 2 N–H and O–H groups in total. The van der Waals surface area contributed by atoms with Gasteiger partial charge in [-0.2, -0.15) is 17.6 Å². The van der Waals surface area contributed by atoms with Crippen LogP contribution in [0.1, 0.15) is 30.6 Å². The minimum absolute atomic E-state index is 0.0776. The van der Waals surface area contributed by atoms with Gasteiger partial charge in [0.1, 0.15) is 5.83 Å². The molecule has 0 atom stereocenters. The fraction of sp³-hybridized carbons (Fsp3) is 0.412. The van der Waals surface area contributed by atoms with Gasteiger partial charge in [0, 0.05) is 30.6 Å². The van der Waals surface area contributed by atoms with Crippen LogP contribution in [0.3, 0.4) is 0 Å². The van der Waals surface area contributed by atoms with Gasteiger partial charge in [0.15, 0.2) is 6.67 Å². The Morgan fingerprint density at radius 2 is 1.37 bits per heavy atom. The van der Waals surface area contributed by atoms with Crippen LogP contribution in [0.5, 0.6) is 0 Å². The third-order valence-corrected chi connectivity index (χ3v) is 5.99. The van der Waals surface area contributed by atoms with E-state index in [1.165, 1.54) is 13.8 Å². The van der Waals surface area contributed by atoms with Gasteiger partial charge in [-0.1, -0.05) is 0 Å². The molecule has 0 radical (unpaired) electrons. The number of halogens is 6. The largest absolute Gasteiger partial charge is 0.391 e. The molecular formula is C17H16F6O2S2. The molecule has 27 heavy (non-hydrogen) atoms. The minimum Gasteiger partial charge on any atom is -0.391 e. The molecule has 0 amide bonds. The number of thiophene rings is 2. The maximum absolute atomic E-state index is 15.2. The first-order valence-corrected chi connectivity index (χ1v) is 9.26. The Kier molecular flexibility index (Phi) is 6.45. The Hall–Kier alpha value is -1.36. The van der Waals surface area contributed by atoms with E-state index in [0.717, 1.165) is 34.8 Å². The molecule has 0 aliphatic heterocycles. The second-order valence-corrected chi connectivity index (χ2v) is 8.46. The van der Waals surface area contributed by atoms with Gasteiger partial charge < -0.3 is 10.2 Å². The van der Waals surface area contributed by atoms with Gasteiger partial charge in [0.2, 0.25) is 0 Å². The smallest absolute Gasteiger partial charge is 0.342 e. The van der Waals surface area contributed by atoms with Crippen LogP contribution < -0.4 is 0 Å². The summed E-state index contributed by atoms with van der Waals surface area (Å²) in [6.45, 7) is -0.983. The molecule has 0 spiro atoms. The highest BCUT2D eigenvalue weighted by molar-refractivity contribution is 7.12. The van der Waals surface area contributed by atoms with Crippen molar-refractivity contribution in [3.8, 4) is 0 Å². The summed E-state index contributed by atoms with van der Waals surface area (Å²) in [6, 6.07) is 2.08. The molecule has 2 nitrogen and oxygen atoms in total. The summed E-state index contributed by atoms with van der Waals surface area (Å²) in [5.74, 6) is -11.9. The van der Waals surface area contributed by atoms with E-state index in [4.69, 9.17) is 5.11 Å². The first-order chi connectivity index (χ1) is 12.5. The second-order valence-electron chi connectivity index (χ2n) is 5.78. The summed E-state index contributed by atoms with van der Waals surface area (Å²) in [5.41, 5.74) is -2.52. The number of aryl methyl sites for hydroxylation is 2. The maximum Gasteiger partial charge on any atom is 0.342 e. The lowest BCUT2D eigenvalue weighted by Crippen LogP contribution is -2.43. The lowest BCUT2D eigenvalue weighted by atomic mass is 9.92. The molecule has 2 heterocycles. The van der Waals surface area contributed by atoms with Crippen molar-refractivity contribution in [3.63, 3.8) is 0 Å². The van der Waals surface area contributed by atoms with Crippen LogP contribution in [-0.2, 0) is 13.2 Å². The van der Waals surface area contributed by atoms with Crippen LogP contribution in [0, 0.1) is 13.8 Å². The van der Waals surface area contributed by atoms with E-state index >= 15 is 4.39 Å². The molecule has 0 saturated heterocycles. The standard InChI is InChI=1S/C17H16F6O2S2/c1-8-12(3-10(5-24)26-8)14(17(22,23)16(20,21)7-18)15(19)13-4-11(6-25)27-9(13)2/h3-4,24-25H,5-7H2,1-2H3. The second kappa shape index (κ2) is 7.94. The van der Waals surface area contributed by atoms with E-state index in [9.17, 15) is 27.1 Å². The number of aliphatic hydroxyl groups is 2. The molecule has 0 bridgehead atoms. The molecule has 0 unspecified atom stereocenters. The summed E-state index contributed by atoms with van der Waals surface area (Å²) in [6.07, 6.45) is 0. The first-order valence-electron chi connectivity index (χ1n) is 7.63. The van der Waals surface area contributed by atoms with Crippen molar-refractivity contribution in [2.75, 3.05) is 6.67 Å². The maximum atomic E-state index is 15.2. The van der Waals surface area contributed by atoms with Crippen molar-refractivity contribution in [2.24, 2.45) is 0 Å². The zero-order valence-corrected chi connectivity index (χ0v) is 15.9. The van der Waals surface area contributed by atoms with Gasteiger partial charge in [-0.05, 0) is 26.0 Å². The summed E-state index contributed by atoms with van der Waals surface area (Å²) < 4.78 is 84.5. The van der Waals surface area contributed by atoms with E-state index in [-0.39, 0.29) is 25.1 Å². The Balaban J connectivity index is 2.83. The Bertz CT molecular complexity index is 854. The summed E-state index contributed by atoms with van der Waals surface area (Å²) >= 11 is 1.77. The van der Waals surface area contributed by atoms with Gasteiger partial charge in [-0.3, -0.25) is 0 Å². The molecule has 2 aromatic heterocycles. The van der Waals surface area contributed by atoms with E-state index in [0.29, 0.717) is 0 Å². The molecule has 0 saturated carbocycles. The number of rotatable bonds is 7. The van der Waals surface area contributed by atoms with Crippen molar-refractivity contribution in [3.05, 3.63) is 42.8 Å². The van der Waals surface area contributed by atoms with Crippen LogP contribution in [0.4, 0.5) is 26.3 Å². The van der Waals surface area contributed by atoms with Crippen LogP contribution in [0.25, 0.3) is 11.4 Å². The molecule has 150 valence electrons. The van der Waals surface area contributed by atoms with Gasteiger partial charge in [0.25, 0.3) is 0 Å². The fourth-order valence-electron chi connectivity index (χ4n) is 2.54. The highest BCUT2D eigenvalue weighted by Gasteiger charge is 2.60. The lowest BCUT2D eigenvalue weighted by molar-refractivity contribution is -0.180. The third kappa shape index (κ3) is 3.94. The van der Waals surface area contributed by atoms with E-state index < -0.39 is 48.7 Å². The molecule has 0 fully saturated rings. The average molecular weight is 430 g/mol. The fourth-order valence-corrected chi connectivity index (χ4v) is 4.33. The first kappa shape index (κ1) is 21.9. The SMILES string of the molecule is Cc1sc(CO)cc1C(F)=C(c1cc(CO)sc1C)C(F)(F)C(F)(F)CF. The quantitative estimate of drug-likeness (QED) is 0.571. The monoisotopic (exact) mass is 430 g/mol. The Labute approximate surface area is 159 Å². The molecule has 0 aliphatic carbocycles. The van der Waals surface area contributed by atoms with Gasteiger partial charge in [-0.25, -0.2) is 8.78 Å². The van der Waals surface area contributed by atoms with Gasteiger partial charge >= 0.3 is 11.8 Å². The van der Waals surface area contributed by atoms with Crippen molar-refractivity contribution >= 4 is 34.1 Å². The predicted molar refractivity (Wildman–Crippen MR) is 93.7 cm³/mol. The number of hydrogen-bond acceptors (Lipinski definition) is 4. The van der Waals surface area contributed by atoms with Crippen LogP contribution >= 0.6 is 22.7 Å². The Morgan fingerprint density at radius 3 is 1.78 bits per heavy atom. The summed E-state index contributed by atoms with van der Waals surface area (Å²) in [7, 11) is 0. The highest BCUT2D eigenvalue weighted by atomic mass is 32.1. The minimum atomic E-state index is -5.14. The molecular weight excluding hydrogens is 414 g/mol. The van der Waals surface area contributed by atoms with E-state index in [2.05, 4.69) is 0 Å². The number of aliphatic hydroxyl groups excluding tert-OH is 2. The van der Waals surface area contributed by atoms with Crippen molar-refractivity contribution in [1.82, 2.24) is 0 Å². The van der Waals surface area contributed by atoms with Crippen molar-refractivity contribution in [1.29, 1.82) is 0 Å². The highest BCUT2D eigenvalue weighted by Crippen LogP contribution is 2.50. The topological polar surface area (TPSA) is 40.5 Å². The van der Waals surface area contributed by atoms with Crippen molar-refractivity contribution in [2.45, 2.75) is 38.9 Å². The zero-order valence-electron chi connectivity index (χ0n) is 14.3. The molecule has 2 aromatic rings. The molecule has 0 aromatic carbocycles. The molecule has 10 heteroatoms. The van der Waals surface area contributed by atoms with Gasteiger partial charge in [0.05, 0.1) is 18.8 Å². The third-order valence-electron chi connectivity index (χ3n) is 3.92. The summed E-state index contributed by atoms with van der Waals surface area (Å²) in [4.78, 5) is 0.707. The van der Waals surface area contributed by atoms with Crippen molar-refractivity contribution < 1.29 is 36.6 Å². The molecule has 0 aliphatic rings. The number of allylic oxidation sites excluding steroid dienone is 1. The number of hydrogen-bond donors (Lipinski definition) is 2. The van der Waals surface area contributed by atoms with Gasteiger partial charge in [-0.15, -0.1) is 22.7 Å².